The number of carbonyl (C=O) groups excluding carboxylic acids is 1. The smallest absolute Gasteiger partial charge is 0.357 e. The third kappa shape index (κ3) is 4.39. The molecule has 5 nitrogen and oxygen atoms in total. The Balaban J connectivity index is 1.90. The maximum absolute atomic E-state index is 14.6. The fraction of sp³-hybridized carbons (Fsp3) is 0.130. The number of esters is 1. The number of anilines is 2. The van der Waals surface area contributed by atoms with Crippen LogP contribution in [0.15, 0.2) is 60.9 Å². The summed E-state index contributed by atoms with van der Waals surface area (Å²) in [6, 6.07) is 12.6. The van der Waals surface area contributed by atoms with Crippen molar-refractivity contribution in [2.75, 3.05) is 11.9 Å². The summed E-state index contributed by atoms with van der Waals surface area (Å²) in [5.41, 5.74) is 2.40. The minimum Gasteiger partial charge on any atom is -0.461 e. The summed E-state index contributed by atoms with van der Waals surface area (Å²) in [4.78, 5) is 17.2. The molecule has 8 heteroatoms. The van der Waals surface area contributed by atoms with Crippen LogP contribution in [0.2, 0.25) is 0 Å². The lowest BCUT2D eigenvalue weighted by Crippen LogP contribution is -2.15. The molecule has 0 amide bonds. The van der Waals surface area contributed by atoms with E-state index in [0.717, 1.165) is 14.7 Å². The summed E-state index contributed by atoms with van der Waals surface area (Å²) in [6.45, 7) is 2.20. The van der Waals surface area contributed by atoms with Crippen molar-refractivity contribution in [3.05, 3.63) is 87.4 Å². The van der Waals surface area contributed by atoms with Gasteiger partial charge in [0.2, 0.25) is 0 Å². The summed E-state index contributed by atoms with van der Waals surface area (Å²) in [5.74, 6) is -1.33. The highest BCUT2D eigenvalue weighted by Gasteiger charge is 2.25. The molecule has 0 saturated carbocycles. The zero-order valence-corrected chi connectivity index (χ0v) is 18.7. The number of ether oxygens (including phenoxy) is 1. The number of fused-ring (bicyclic) bond motifs is 1. The van der Waals surface area contributed by atoms with Crippen molar-refractivity contribution in [2.45, 2.75) is 13.5 Å². The fourth-order valence-electron chi connectivity index (χ4n) is 3.40. The van der Waals surface area contributed by atoms with Gasteiger partial charge in [-0.15, -0.1) is 0 Å². The van der Waals surface area contributed by atoms with Crippen molar-refractivity contribution < 1.29 is 18.3 Å². The summed E-state index contributed by atoms with van der Waals surface area (Å²) in [5, 5.41) is 3.71. The van der Waals surface area contributed by atoms with Crippen LogP contribution in [0, 0.1) is 15.2 Å². The Morgan fingerprint density at radius 1 is 1.16 bits per heavy atom. The van der Waals surface area contributed by atoms with Crippen LogP contribution in [0.3, 0.4) is 0 Å². The molecule has 1 N–H and O–H groups in total. The van der Waals surface area contributed by atoms with Gasteiger partial charge in [-0.1, -0.05) is 12.1 Å². The average molecular weight is 533 g/mol. The van der Waals surface area contributed by atoms with E-state index in [2.05, 4.69) is 10.3 Å². The number of hydrogen-bond donors (Lipinski definition) is 1. The second-order valence-electron chi connectivity index (χ2n) is 6.80. The van der Waals surface area contributed by atoms with Gasteiger partial charge in [-0.05, 0) is 71.5 Å². The molecule has 2 aromatic heterocycles. The van der Waals surface area contributed by atoms with E-state index in [9.17, 15) is 13.6 Å². The van der Waals surface area contributed by atoms with E-state index in [4.69, 9.17) is 4.74 Å². The van der Waals surface area contributed by atoms with Gasteiger partial charge in [0.1, 0.15) is 11.6 Å². The third-order valence-corrected chi connectivity index (χ3v) is 5.45. The number of hydrogen-bond acceptors (Lipinski definition) is 4. The quantitative estimate of drug-likeness (QED) is 0.248. The molecule has 4 aromatic rings. The highest BCUT2D eigenvalue weighted by atomic mass is 127. The molecule has 0 saturated heterocycles. The van der Waals surface area contributed by atoms with Gasteiger partial charge in [0.15, 0.2) is 5.69 Å². The molecule has 31 heavy (non-hydrogen) atoms. The lowest BCUT2D eigenvalue weighted by Gasteiger charge is -2.13. The second-order valence-corrected chi connectivity index (χ2v) is 8.04. The number of carbonyl (C=O) groups is 1. The van der Waals surface area contributed by atoms with Crippen LogP contribution in [-0.4, -0.2) is 22.1 Å². The molecule has 4 rings (SSSR count). The molecule has 0 aliphatic carbocycles. The van der Waals surface area contributed by atoms with E-state index >= 15 is 0 Å². The predicted molar refractivity (Wildman–Crippen MR) is 124 cm³/mol. The summed E-state index contributed by atoms with van der Waals surface area (Å²) < 4.78 is 35.8. The van der Waals surface area contributed by atoms with E-state index in [1.165, 1.54) is 18.2 Å². The molecule has 0 fully saturated rings. The molecule has 0 unspecified atom stereocenters. The number of benzene rings is 2. The first-order chi connectivity index (χ1) is 15.0. The number of halogens is 3. The Morgan fingerprint density at radius 2 is 1.94 bits per heavy atom. The average Bonchev–Trinajstić information content (AvgIpc) is 3.05. The maximum atomic E-state index is 14.6. The van der Waals surface area contributed by atoms with Crippen molar-refractivity contribution in [1.29, 1.82) is 0 Å². The third-order valence-electron chi connectivity index (χ3n) is 4.78. The first kappa shape index (κ1) is 21.2. The lowest BCUT2D eigenvalue weighted by atomic mass is 10.2. The SMILES string of the molecule is CCOC(=O)c1c(Nc2ccc(I)cc2F)c2cnccc2n1Cc1ccc(F)cc1. The molecule has 158 valence electrons. The lowest BCUT2D eigenvalue weighted by molar-refractivity contribution is 0.0516. The largest absolute Gasteiger partial charge is 0.461 e. The molecule has 0 atom stereocenters. The van der Waals surface area contributed by atoms with Crippen molar-refractivity contribution in [3.63, 3.8) is 0 Å². The van der Waals surface area contributed by atoms with E-state index in [1.807, 2.05) is 22.6 Å². The molecular formula is C23H18F2IN3O2. The van der Waals surface area contributed by atoms with Crippen LogP contribution in [0.1, 0.15) is 23.0 Å². The molecular weight excluding hydrogens is 515 g/mol. The Labute approximate surface area is 191 Å². The van der Waals surface area contributed by atoms with Gasteiger partial charge in [-0.3, -0.25) is 4.98 Å². The number of aromatic nitrogens is 2. The van der Waals surface area contributed by atoms with Gasteiger partial charge in [-0.2, -0.15) is 0 Å². The second kappa shape index (κ2) is 9.01. The van der Waals surface area contributed by atoms with Gasteiger partial charge in [0.25, 0.3) is 0 Å². The number of nitrogens with one attached hydrogen (secondary N) is 1. The first-order valence-electron chi connectivity index (χ1n) is 9.57. The molecule has 0 bridgehead atoms. The van der Waals surface area contributed by atoms with E-state index < -0.39 is 11.8 Å². The normalized spacial score (nSPS) is 11.0. The predicted octanol–water partition coefficient (Wildman–Crippen LogP) is 5.89. The molecule has 2 aromatic carbocycles. The molecule has 0 aliphatic heterocycles. The standard InChI is InChI=1S/C23H18F2IN3O2/c1-2-31-23(30)22-21(28-19-8-7-16(26)11-18(19)25)17-12-27-10-9-20(17)29(22)13-14-3-5-15(24)6-4-14/h3-12,28H,2,13H2,1H3. The zero-order chi connectivity index (χ0) is 22.0. The maximum Gasteiger partial charge on any atom is 0.357 e. The summed E-state index contributed by atoms with van der Waals surface area (Å²) >= 11 is 2.03. The number of pyridine rings is 1. The van der Waals surface area contributed by atoms with Gasteiger partial charge < -0.3 is 14.6 Å². The van der Waals surface area contributed by atoms with Crippen molar-refractivity contribution in [2.24, 2.45) is 0 Å². The van der Waals surface area contributed by atoms with Crippen molar-refractivity contribution >= 4 is 50.8 Å². The van der Waals surface area contributed by atoms with Crippen LogP contribution in [-0.2, 0) is 11.3 Å². The topological polar surface area (TPSA) is 56.1 Å². The number of rotatable bonds is 6. The van der Waals surface area contributed by atoms with Crippen molar-refractivity contribution in [1.82, 2.24) is 9.55 Å². The van der Waals surface area contributed by atoms with Crippen molar-refractivity contribution in [3.8, 4) is 0 Å². The Kier molecular flexibility index (Phi) is 6.17. The monoisotopic (exact) mass is 533 g/mol. The van der Waals surface area contributed by atoms with Crippen LogP contribution in [0.4, 0.5) is 20.2 Å². The fourth-order valence-corrected chi connectivity index (χ4v) is 3.85. The Morgan fingerprint density at radius 3 is 2.65 bits per heavy atom. The van der Waals surface area contributed by atoms with E-state index in [-0.39, 0.29) is 23.8 Å². The molecule has 0 aliphatic rings. The molecule has 0 radical (unpaired) electrons. The minimum absolute atomic E-state index is 0.187. The highest BCUT2D eigenvalue weighted by Crippen LogP contribution is 2.35. The number of nitrogens with zero attached hydrogens (tertiary/aromatic N) is 2. The van der Waals surface area contributed by atoms with Crippen LogP contribution in [0.25, 0.3) is 10.9 Å². The van der Waals surface area contributed by atoms with Crippen LogP contribution < -0.4 is 5.32 Å². The van der Waals surface area contributed by atoms with Gasteiger partial charge in [0.05, 0.1) is 23.5 Å². The van der Waals surface area contributed by atoms with Gasteiger partial charge in [0, 0.05) is 27.9 Å². The van der Waals surface area contributed by atoms with E-state index in [1.54, 1.807) is 54.2 Å². The minimum atomic E-state index is -0.547. The van der Waals surface area contributed by atoms with Crippen LogP contribution in [0.5, 0.6) is 0 Å². The highest BCUT2D eigenvalue weighted by molar-refractivity contribution is 14.1. The Bertz CT molecular complexity index is 1260. The molecule has 2 heterocycles. The summed E-state index contributed by atoms with van der Waals surface area (Å²) in [7, 11) is 0. The van der Waals surface area contributed by atoms with E-state index in [0.29, 0.717) is 17.6 Å². The van der Waals surface area contributed by atoms with Gasteiger partial charge in [-0.25, -0.2) is 13.6 Å². The Hall–Kier alpha value is -3.01. The first-order valence-corrected chi connectivity index (χ1v) is 10.7. The molecule has 0 spiro atoms. The zero-order valence-electron chi connectivity index (χ0n) is 16.5. The van der Waals surface area contributed by atoms with Crippen LogP contribution >= 0.6 is 22.6 Å². The van der Waals surface area contributed by atoms with Gasteiger partial charge >= 0.3 is 5.97 Å². The summed E-state index contributed by atoms with van der Waals surface area (Å²) in [6.07, 6.45) is 3.24.